The van der Waals surface area contributed by atoms with E-state index in [1.54, 1.807) is 0 Å². The highest BCUT2D eigenvalue weighted by atomic mass is 15.2. The van der Waals surface area contributed by atoms with E-state index in [0.717, 1.165) is 24.6 Å². The van der Waals surface area contributed by atoms with Gasteiger partial charge in [-0.3, -0.25) is 5.10 Å². The molecule has 1 aliphatic heterocycles. The Kier molecular flexibility index (Phi) is 2.82. The molecule has 0 bridgehead atoms. The van der Waals surface area contributed by atoms with Crippen LogP contribution in [0.2, 0.25) is 0 Å². The zero-order valence-corrected chi connectivity index (χ0v) is 8.88. The first-order chi connectivity index (χ1) is 6.79. The van der Waals surface area contributed by atoms with Crippen molar-refractivity contribution < 1.29 is 0 Å². The molecule has 0 radical (unpaired) electrons. The van der Waals surface area contributed by atoms with Gasteiger partial charge in [-0.15, -0.1) is 0 Å². The monoisotopic (exact) mass is 194 g/mol. The van der Waals surface area contributed by atoms with Gasteiger partial charge in [0.2, 0.25) is 0 Å². The van der Waals surface area contributed by atoms with Gasteiger partial charge in [0.05, 0.1) is 0 Å². The molecule has 1 aromatic heterocycles. The summed E-state index contributed by atoms with van der Waals surface area (Å²) in [5.74, 6) is 2.49. The Hall–Kier alpha value is -0.900. The second kappa shape index (κ2) is 4.09. The van der Waals surface area contributed by atoms with E-state index in [-0.39, 0.29) is 0 Å². The Morgan fingerprint density at radius 3 is 2.86 bits per heavy atom. The van der Waals surface area contributed by atoms with E-state index in [9.17, 15) is 0 Å². The van der Waals surface area contributed by atoms with Gasteiger partial charge in [0.25, 0.3) is 0 Å². The fraction of sp³-hybridized carbons (Fsp3) is 0.800. The minimum Gasteiger partial charge on any atom is -0.314 e. The van der Waals surface area contributed by atoms with Crippen LogP contribution in [0.15, 0.2) is 0 Å². The molecule has 4 heteroatoms. The van der Waals surface area contributed by atoms with E-state index >= 15 is 0 Å². The molecule has 0 saturated carbocycles. The van der Waals surface area contributed by atoms with Crippen LogP contribution in [-0.4, -0.2) is 27.8 Å². The first-order valence-electron chi connectivity index (χ1n) is 5.44. The summed E-state index contributed by atoms with van der Waals surface area (Å²) in [6, 6.07) is 0.649. The quantitative estimate of drug-likeness (QED) is 0.744. The second-order valence-corrected chi connectivity index (χ2v) is 4.08. The number of aryl methyl sites for hydroxylation is 1. The third kappa shape index (κ3) is 1.95. The molecule has 4 nitrogen and oxygen atoms in total. The van der Waals surface area contributed by atoms with Crippen LogP contribution in [0.1, 0.15) is 44.3 Å². The lowest BCUT2D eigenvalue weighted by atomic mass is 9.95. The molecule has 78 valence electrons. The minimum absolute atomic E-state index is 0.503. The fourth-order valence-electron chi connectivity index (χ4n) is 1.87. The van der Waals surface area contributed by atoms with Crippen LogP contribution >= 0.6 is 0 Å². The van der Waals surface area contributed by atoms with Crippen molar-refractivity contribution in [2.75, 3.05) is 6.54 Å². The molecule has 2 unspecified atom stereocenters. The second-order valence-electron chi connectivity index (χ2n) is 4.08. The zero-order valence-electron chi connectivity index (χ0n) is 8.88. The number of piperidine rings is 1. The van der Waals surface area contributed by atoms with E-state index in [1.165, 1.54) is 12.8 Å². The van der Waals surface area contributed by atoms with Crippen molar-refractivity contribution in [2.45, 2.75) is 45.1 Å². The summed E-state index contributed by atoms with van der Waals surface area (Å²) in [7, 11) is 0. The van der Waals surface area contributed by atoms with Gasteiger partial charge in [-0.1, -0.05) is 6.92 Å². The summed E-state index contributed by atoms with van der Waals surface area (Å²) in [5.41, 5.74) is 0. The largest absolute Gasteiger partial charge is 0.314 e. The van der Waals surface area contributed by atoms with E-state index in [2.05, 4.69) is 34.3 Å². The standard InChI is InChI=1S/C10H18N4/c1-3-9-12-10(14-13-9)8-5-4-7(2)11-6-8/h7-8,11H,3-6H2,1-2H3,(H,12,13,14). The maximum absolute atomic E-state index is 4.47. The smallest absolute Gasteiger partial charge is 0.155 e. The minimum atomic E-state index is 0.503. The summed E-state index contributed by atoms with van der Waals surface area (Å²) in [6.45, 7) is 5.33. The van der Waals surface area contributed by atoms with Crippen molar-refractivity contribution in [3.63, 3.8) is 0 Å². The first-order valence-corrected chi connectivity index (χ1v) is 5.44. The van der Waals surface area contributed by atoms with Crippen LogP contribution in [0.3, 0.4) is 0 Å². The van der Waals surface area contributed by atoms with Gasteiger partial charge < -0.3 is 5.32 Å². The molecular formula is C10H18N4. The number of aromatic amines is 1. The number of nitrogens with one attached hydrogen (secondary N) is 2. The molecule has 0 amide bonds. The van der Waals surface area contributed by atoms with Crippen molar-refractivity contribution >= 4 is 0 Å². The topological polar surface area (TPSA) is 53.6 Å². The van der Waals surface area contributed by atoms with Gasteiger partial charge in [0.15, 0.2) is 5.82 Å². The highest BCUT2D eigenvalue weighted by molar-refractivity contribution is 5.00. The Bertz CT molecular complexity index is 286. The maximum Gasteiger partial charge on any atom is 0.155 e. The number of hydrogen-bond acceptors (Lipinski definition) is 3. The van der Waals surface area contributed by atoms with E-state index < -0.39 is 0 Å². The van der Waals surface area contributed by atoms with E-state index in [1.807, 2.05) is 0 Å². The summed E-state index contributed by atoms with van der Waals surface area (Å²) in [4.78, 5) is 4.47. The highest BCUT2D eigenvalue weighted by Crippen LogP contribution is 2.22. The molecule has 1 fully saturated rings. The Morgan fingerprint density at radius 2 is 2.29 bits per heavy atom. The Morgan fingerprint density at radius 1 is 1.43 bits per heavy atom. The molecule has 2 rings (SSSR count). The van der Waals surface area contributed by atoms with Crippen molar-refractivity contribution in [2.24, 2.45) is 0 Å². The van der Waals surface area contributed by atoms with Gasteiger partial charge >= 0.3 is 0 Å². The Balaban J connectivity index is 2.01. The highest BCUT2D eigenvalue weighted by Gasteiger charge is 2.22. The molecule has 1 saturated heterocycles. The van der Waals surface area contributed by atoms with Crippen molar-refractivity contribution in [1.29, 1.82) is 0 Å². The van der Waals surface area contributed by atoms with Crippen molar-refractivity contribution in [3.8, 4) is 0 Å². The third-order valence-electron chi connectivity index (χ3n) is 2.91. The predicted octanol–water partition coefficient (Wildman–Crippen LogP) is 1.22. The molecule has 2 atom stereocenters. The van der Waals surface area contributed by atoms with Gasteiger partial charge in [0.1, 0.15) is 5.82 Å². The maximum atomic E-state index is 4.47. The molecule has 1 aliphatic rings. The summed E-state index contributed by atoms with van der Waals surface area (Å²) < 4.78 is 0. The van der Waals surface area contributed by atoms with E-state index in [4.69, 9.17) is 0 Å². The molecule has 14 heavy (non-hydrogen) atoms. The Labute approximate surface area is 84.5 Å². The van der Waals surface area contributed by atoms with Crippen LogP contribution in [0.5, 0.6) is 0 Å². The first kappa shape index (κ1) is 9.65. The third-order valence-corrected chi connectivity index (χ3v) is 2.91. The number of rotatable bonds is 2. The summed E-state index contributed by atoms with van der Waals surface area (Å²) in [6.07, 6.45) is 3.36. The van der Waals surface area contributed by atoms with Crippen LogP contribution in [-0.2, 0) is 6.42 Å². The number of H-pyrrole nitrogens is 1. The molecule has 2 heterocycles. The average Bonchev–Trinajstić information content (AvgIpc) is 2.67. The molecule has 0 spiro atoms. The summed E-state index contributed by atoms with van der Waals surface area (Å²) in [5, 5.41) is 10.7. The number of aromatic nitrogens is 3. The molecule has 0 aromatic carbocycles. The lowest BCUT2D eigenvalue weighted by Crippen LogP contribution is -2.36. The van der Waals surface area contributed by atoms with Gasteiger partial charge in [-0.2, -0.15) is 5.10 Å². The SMILES string of the molecule is CCc1nc(C2CCC(C)NC2)n[nH]1. The van der Waals surface area contributed by atoms with E-state index in [0.29, 0.717) is 12.0 Å². The lowest BCUT2D eigenvalue weighted by molar-refractivity contribution is 0.376. The zero-order chi connectivity index (χ0) is 9.97. The average molecular weight is 194 g/mol. The molecular weight excluding hydrogens is 176 g/mol. The molecule has 1 aromatic rings. The molecule has 2 N–H and O–H groups in total. The molecule has 0 aliphatic carbocycles. The fourth-order valence-corrected chi connectivity index (χ4v) is 1.87. The van der Waals surface area contributed by atoms with Gasteiger partial charge in [0, 0.05) is 24.9 Å². The van der Waals surface area contributed by atoms with Crippen LogP contribution in [0, 0.1) is 0 Å². The van der Waals surface area contributed by atoms with Crippen LogP contribution in [0.4, 0.5) is 0 Å². The predicted molar refractivity (Wildman–Crippen MR) is 55.2 cm³/mol. The van der Waals surface area contributed by atoms with Crippen molar-refractivity contribution in [3.05, 3.63) is 11.6 Å². The van der Waals surface area contributed by atoms with Crippen LogP contribution < -0.4 is 5.32 Å². The normalized spacial score (nSPS) is 27.9. The van der Waals surface area contributed by atoms with Crippen molar-refractivity contribution in [1.82, 2.24) is 20.5 Å². The number of hydrogen-bond donors (Lipinski definition) is 2. The van der Waals surface area contributed by atoms with Crippen LogP contribution in [0.25, 0.3) is 0 Å². The number of nitrogens with zero attached hydrogens (tertiary/aromatic N) is 2. The summed E-state index contributed by atoms with van der Waals surface area (Å²) >= 11 is 0. The van der Waals surface area contributed by atoms with Gasteiger partial charge in [-0.05, 0) is 19.8 Å². The van der Waals surface area contributed by atoms with Gasteiger partial charge in [-0.25, -0.2) is 4.98 Å². The lowest BCUT2D eigenvalue weighted by Gasteiger charge is -2.25.